The van der Waals surface area contributed by atoms with Gasteiger partial charge in [0.15, 0.2) is 9.84 Å². The normalized spacial score (nSPS) is 30.2. The number of rotatable bonds is 4. The number of aliphatic hydroxyl groups is 1. The molecular weight excluding hydrogens is 228 g/mol. The topological polar surface area (TPSA) is 81.4 Å². The van der Waals surface area contributed by atoms with Crippen LogP contribution in [0.25, 0.3) is 0 Å². The number of nitrogens with zero attached hydrogens (tertiary/aromatic N) is 2. The van der Waals surface area contributed by atoms with E-state index in [0.717, 1.165) is 0 Å². The molecule has 0 aliphatic carbocycles. The number of nitriles is 1. The molecule has 0 radical (unpaired) electrons. The van der Waals surface area contributed by atoms with Crippen LogP contribution in [0.5, 0.6) is 0 Å². The first-order chi connectivity index (χ1) is 7.39. The van der Waals surface area contributed by atoms with Crippen LogP contribution in [-0.2, 0) is 9.84 Å². The Labute approximate surface area is 96.6 Å². The summed E-state index contributed by atoms with van der Waals surface area (Å²) in [5.74, 6) is -0.314. The third-order valence-electron chi connectivity index (χ3n) is 2.90. The van der Waals surface area contributed by atoms with Crippen molar-refractivity contribution in [2.75, 3.05) is 24.6 Å². The van der Waals surface area contributed by atoms with Gasteiger partial charge in [-0.25, -0.2) is 8.42 Å². The Bertz CT molecular complexity index is 374. The van der Waals surface area contributed by atoms with Crippen molar-refractivity contribution in [1.82, 2.24) is 4.90 Å². The summed E-state index contributed by atoms with van der Waals surface area (Å²) in [6.07, 6.45) is -0.823. The molecule has 5 nitrogen and oxygen atoms in total. The van der Waals surface area contributed by atoms with Crippen molar-refractivity contribution in [2.45, 2.75) is 26.0 Å². The Morgan fingerprint density at radius 1 is 1.56 bits per heavy atom. The van der Waals surface area contributed by atoms with Gasteiger partial charge in [0, 0.05) is 6.54 Å². The number of hydrogen-bond acceptors (Lipinski definition) is 5. The Morgan fingerprint density at radius 3 is 2.56 bits per heavy atom. The van der Waals surface area contributed by atoms with Crippen LogP contribution in [-0.4, -0.2) is 55.2 Å². The summed E-state index contributed by atoms with van der Waals surface area (Å²) in [4.78, 5) is 1.88. The average Bonchev–Trinajstić information content (AvgIpc) is 2.48. The number of sulfone groups is 1. The minimum absolute atomic E-state index is 0.000154. The fraction of sp³-hybridized carbons (Fsp3) is 0.900. The zero-order chi connectivity index (χ0) is 12.3. The van der Waals surface area contributed by atoms with E-state index in [1.54, 1.807) is 6.92 Å². The van der Waals surface area contributed by atoms with Crippen LogP contribution in [0, 0.1) is 17.2 Å². The Balaban J connectivity index is 2.71. The first kappa shape index (κ1) is 13.4. The van der Waals surface area contributed by atoms with Crippen molar-refractivity contribution in [1.29, 1.82) is 5.26 Å². The lowest BCUT2D eigenvalue weighted by molar-refractivity contribution is 0.0817. The second-order valence-electron chi connectivity index (χ2n) is 4.33. The van der Waals surface area contributed by atoms with E-state index in [1.807, 2.05) is 11.8 Å². The van der Waals surface area contributed by atoms with Gasteiger partial charge in [-0.05, 0) is 13.5 Å². The molecule has 0 aromatic rings. The van der Waals surface area contributed by atoms with E-state index in [1.165, 1.54) is 0 Å². The fourth-order valence-electron chi connectivity index (χ4n) is 2.05. The first-order valence-electron chi connectivity index (χ1n) is 5.41. The molecule has 0 spiro atoms. The van der Waals surface area contributed by atoms with Crippen LogP contribution in [0.15, 0.2) is 0 Å². The quantitative estimate of drug-likeness (QED) is 0.731. The van der Waals surface area contributed by atoms with E-state index < -0.39 is 15.9 Å². The van der Waals surface area contributed by atoms with Gasteiger partial charge in [0.2, 0.25) is 0 Å². The standard InChI is InChI=1S/C10H18N2O3S/c1-3-12(5-8(2)4-11)9-6-16(14,15)7-10(9)13/h8-10,13H,3,5-7H2,1-2H3. The second-order valence-corrected chi connectivity index (χ2v) is 6.48. The molecule has 1 aliphatic heterocycles. The van der Waals surface area contributed by atoms with E-state index in [4.69, 9.17) is 5.26 Å². The summed E-state index contributed by atoms with van der Waals surface area (Å²) in [5.41, 5.74) is 0. The molecule has 1 N–H and O–H groups in total. The molecule has 1 saturated heterocycles. The predicted molar refractivity (Wildman–Crippen MR) is 60.5 cm³/mol. The zero-order valence-corrected chi connectivity index (χ0v) is 10.4. The maximum Gasteiger partial charge on any atom is 0.154 e. The van der Waals surface area contributed by atoms with Crippen molar-refractivity contribution in [3.05, 3.63) is 0 Å². The summed E-state index contributed by atoms with van der Waals surface area (Å²) >= 11 is 0. The molecule has 16 heavy (non-hydrogen) atoms. The van der Waals surface area contributed by atoms with Gasteiger partial charge < -0.3 is 5.11 Å². The van der Waals surface area contributed by atoms with Gasteiger partial charge in [0.05, 0.1) is 35.6 Å². The van der Waals surface area contributed by atoms with Crippen molar-refractivity contribution < 1.29 is 13.5 Å². The Hall–Kier alpha value is -0.640. The molecular formula is C10H18N2O3S. The average molecular weight is 246 g/mol. The molecule has 0 amide bonds. The van der Waals surface area contributed by atoms with Gasteiger partial charge in [0.1, 0.15) is 0 Å². The van der Waals surface area contributed by atoms with Gasteiger partial charge in [-0.2, -0.15) is 5.26 Å². The van der Waals surface area contributed by atoms with E-state index in [-0.39, 0.29) is 23.5 Å². The molecule has 0 aromatic heterocycles. The first-order valence-corrected chi connectivity index (χ1v) is 7.24. The summed E-state index contributed by atoms with van der Waals surface area (Å²) in [7, 11) is -3.12. The molecule has 3 unspecified atom stereocenters. The molecule has 0 aromatic carbocycles. The lowest BCUT2D eigenvalue weighted by atomic mass is 10.1. The van der Waals surface area contributed by atoms with E-state index in [0.29, 0.717) is 13.1 Å². The number of hydrogen-bond donors (Lipinski definition) is 1. The molecule has 0 saturated carbocycles. The fourth-order valence-corrected chi connectivity index (χ4v) is 3.88. The lowest BCUT2D eigenvalue weighted by Crippen LogP contribution is -2.44. The highest BCUT2D eigenvalue weighted by molar-refractivity contribution is 7.91. The molecule has 3 atom stereocenters. The highest BCUT2D eigenvalue weighted by atomic mass is 32.2. The van der Waals surface area contributed by atoms with E-state index in [9.17, 15) is 13.5 Å². The molecule has 0 bridgehead atoms. The van der Waals surface area contributed by atoms with Crippen LogP contribution in [0.3, 0.4) is 0 Å². The van der Waals surface area contributed by atoms with Crippen LogP contribution < -0.4 is 0 Å². The summed E-state index contributed by atoms with van der Waals surface area (Å²) < 4.78 is 22.8. The highest BCUT2D eigenvalue weighted by Crippen LogP contribution is 2.19. The van der Waals surface area contributed by atoms with Gasteiger partial charge >= 0.3 is 0 Å². The van der Waals surface area contributed by atoms with Crippen LogP contribution in [0.1, 0.15) is 13.8 Å². The third-order valence-corrected chi connectivity index (χ3v) is 4.60. The molecule has 1 aliphatic rings. The van der Waals surface area contributed by atoms with Crippen LogP contribution >= 0.6 is 0 Å². The van der Waals surface area contributed by atoms with Crippen LogP contribution in [0.4, 0.5) is 0 Å². The number of aliphatic hydroxyl groups excluding tert-OH is 1. The van der Waals surface area contributed by atoms with Crippen molar-refractivity contribution >= 4 is 9.84 Å². The van der Waals surface area contributed by atoms with Gasteiger partial charge in [-0.3, -0.25) is 4.90 Å². The smallest absolute Gasteiger partial charge is 0.154 e. The number of likely N-dealkylation sites (N-methyl/N-ethyl adjacent to an activating group) is 1. The van der Waals surface area contributed by atoms with E-state index in [2.05, 4.69) is 6.07 Å². The SMILES string of the molecule is CCN(CC(C)C#N)C1CS(=O)(=O)CC1O. The maximum absolute atomic E-state index is 11.4. The van der Waals surface area contributed by atoms with Gasteiger partial charge in [-0.1, -0.05) is 6.92 Å². The molecule has 1 fully saturated rings. The molecule has 1 rings (SSSR count). The maximum atomic E-state index is 11.4. The van der Waals surface area contributed by atoms with Crippen molar-refractivity contribution in [3.8, 4) is 6.07 Å². The minimum Gasteiger partial charge on any atom is -0.390 e. The van der Waals surface area contributed by atoms with Crippen LogP contribution in [0.2, 0.25) is 0 Å². The highest BCUT2D eigenvalue weighted by Gasteiger charge is 2.39. The van der Waals surface area contributed by atoms with Gasteiger partial charge in [0.25, 0.3) is 0 Å². The third kappa shape index (κ3) is 3.17. The monoisotopic (exact) mass is 246 g/mol. The summed E-state index contributed by atoms with van der Waals surface area (Å²) in [6, 6.07) is 1.76. The van der Waals surface area contributed by atoms with Crippen molar-refractivity contribution in [2.24, 2.45) is 5.92 Å². The Kier molecular flexibility index (Phi) is 4.30. The molecule has 1 heterocycles. The summed E-state index contributed by atoms with van der Waals surface area (Å²) in [5, 5.41) is 18.4. The minimum atomic E-state index is -3.12. The van der Waals surface area contributed by atoms with E-state index >= 15 is 0 Å². The van der Waals surface area contributed by atoms with Crippen molar-refractivity contribution in [3.63, 3.8) is 0 Å². The predicted octanol–water partition coefficient (Wildman–Crippen LogP) is -0.374. The molecule has 92 valence electrons. The zero-order valence-electron chi connectivity index (χ0n) is 9.63. The lowest BCUT2D eigenvalue weighted by Gasteiger charge is -2.29. The van der Waals surface area contributed by atoms with Gasteiger partial charge in [-0.15, -0.1) is 0 Å². The second kappa shape index (κ2) is 5.13. The molecule has 6 heteroatoms. The Morgan fingerprint density at radius 2 is 2.19 bits per heavy atom. The summed E-state index contributed by atoms with van der Waals surface area (Å²) in [6.45, 7) is 4.84. The largest absolute Gasteiger partial charge is 0.390 e.